The SMILES string of the molecule is C=CCN(CCC)C(=O)C1(C#N)CCCCCC1. The maximum atomic E-state index is 12.6. The Labute approximate surface area is 110 Å². The highest BCUT2D eigenvalue weighted by Crippen LogP contribution is 2.36. The number of hydrogen-bond acceptors (Lipinski definition) is 2. The summed E-state index contributed by atoms with van der Waals surface area (Å²) in [7, 11) is 0. The molecule has 1 fully saturated rings. The molecular weight excluding hydrogens is 224 g/mol. The molecule has 0 radical (unpaired) electrons. The van der Waals surface area contributed by atoms with Gasteiger partial charge in [0.1, 0.15) is 5.41 Å². The fraction of sp³-hybridized carbons (Fsp3) is 0.733. The Balaban J connectivity index is 2.87. The van der Waals surface area contributed by atoms with Crippen molar-refractivity contribution in [3.63, 3.8) is 0 Å². The van der Waals surface area contributed by atoms with E-state index in [0.29, 0.717) is 13.1 Å². The molecule has 3 heteroatoms. The Morgan fingerprint density at radius 3 is 2.44 bits per heavy atom. The van der Waals surface area contributed by atoms with Gasteiger partial charge in [-0.25, -0.2) is 0 Å². The molecule has 3 nitrogen and oxygen atoms in total. The van der Waals surface area contributed by atoms with E-state index < -0.39 is 5.41 Å². The van der Waals surface area contributed by atoms with E-state index in [2.05, 4.69) is 19.6 Å². The van der Waals surface area contributed by atoms with Gasteiger partial charge in [0.25, 0.3) is 0 Å². The van der Waals surface area contributed by atoms with Crippen molar-refractivity contribution >= 4 is 5.91 Å². The minimum Gasteiger partial charge on any atom is -0.338 e. The third-order valence-electron chi connectivity index (χ3n) is 3.71. The smallest absolute Gasteiger partial charge is 0.243 e. The third-order valence-corrected chi connectivity index (χ3v) is 3.71. The Morgan fingerprint density at radius 2 is 2.00 bits per heavy atom. The molecule has 0 atom stereocenters. The Kier molecular flexibility index (Phi) is 5.91. The van der Waals surface area contributed by atoms with Crippen molar-refractivity contribution in [2.75, 3.05) is 13.1 Å². The zero-order chi connectivity index (χ0) is 13.4. The van der Waals surface area contributed by atoms with Crippen LogP contribution in [0.25, 0.3) is 0 Å². The van der Waals surface area contributed by atoms with Gasteiger partial charge in [0.15, 0.2) is 0 Å². The van der Waals surface area contributed by atoms with E-state index >= 15 is 0 Å². The fourth-order valence-electron chi connectivity index (χ4n) is 2.71. The van der Waals surface area contributed by atoms with Crippen molar-refractivity contribution < 1.29 is 4.79 Å². The Hall–Kier alpha value is -1.30. The topological polar surface area (TPSA) is 44.1 Å². The summed E-state index contributed by atoms with van der Waals surface area (Å²) in [5.74, 6) is 0.0219. The number of rotatable bonds is 5. The molecule has 1 rings (SSSR count). The molecule has 0 heterocycles. The maximum Gasteiger partial charge on any atom is 0.243 e. The largest absolute Gasteiger partial charge is 0.338 e. The van der Waals surface area contributed by atoms with E-state index in [1.807, 2.05) is 0 Å². The van der Waals surface area contributed by atoms with Gasteiger partial charge in [-0.05, 0) is 19.3 Å². The second kappa shape index (κ2) is 7.20. The molecule has 0 aromatic carbocycles. The standard InChI is InChI=1S/C15H24N2O/c1-3-11-17(12-4-2)14(18)15(13-16)9-7-5-6-8-10-15/h3H,1,4-12H2,2H3. The minimum atomic E-state index is -0.769. The van der Waals surface area contributed by atoms with E-state index in [4.69, 9.17) is 0 Å². The molecule has 1 saturated carbocycles. The predicted molar refractivity (Wildman–Crippen MR) is 72.8 cm³/mol. The zero-order valence-electron chi connectivity index (χ0n) is 11.5. The fourth-order valence-corrected chi connectivity index (χ4v) is 2.71. The summed E-state index contributed by atoms with van der Waals surface area (Å²) in [6.07, 6.45) is 8.38. The van der Waals surface area contributed by atoms with Crippen LogP contribution in [0.1, 0.15) is 51.9 Å². The van der Waals surface area contributed by atoms with E-state index in [1.54, 1.807) is 11.0 Å². The van der Waals surface area contributed by atoms with Gasteiger partial charge in [-0.15, -0.1) is 6.58 Å². The van der Waals surface area contributed by atoms with Crippen LogP contribution in [0, 0.1) is 16.7 Å². The number of hydrogen-bond donors (Lipinski definition) is 0. The van der Waals surface area contributed by atoms with E-state index in [9.17, 15) is 10.1 Å². The average Bonchev–Trinajstić information content (AvgIpc) is 2.64. The van der Waals surface area contributed by atoms with Gasteiger partial charge in [0.2, 0.25) is 5.91 Å². The first-order valence-corrected chi connectivity index (χ1v) is 7.01. The molecule has 0 unspecified atom stereocenters. The first-order chi connectivity index (χ1) is 8.70. The van der Waals surface area contributed by atoms with Crippen molar-refractivity contribution in [3.8, 4) is 6.07 Å². The lowest BCUT2D eigenvalue weighted by molar-refractivity contribution is -0.139. The number of carbonyl (C=O) groups excluding carboxylic acids is 1. The van der Waals surface area contributed by atoms with Crippen molar-refractivity contribution in [1.82, 2.24) is 4.90 Å². The summed E-state index contributed by atoms with van der Waals surface area (Å²) >= 11 is 0. The summed E-state index contributed by atoms with van der Waals surface area (Å²) in [6.45, 7) is 7.02. The molecule has 0 spiro atoms. The number of nitrogens with zero attached hydrogens (tertiary/aromatic N) is 2. The second-order valence-corrected chi connectivity index (χ2v) is 5.15. The maximum absolute atomic E-state index is 12.6. The lowest BCUT2D eigenvalue weighted by Gasteiger charge is -2.31. The van der Waals surface area contributed by atoms with Crippen LogP contribution in [0.15, 0.2) is 12.7 Å². The molecule has 1 aliphatic carbocycles. The van der Waals surface area contributed by atoms with Crippen LogP contribution in [0.5, 0.6) is 0 Å². The highest BCUT2D eigenvalue weighted by molar-refractivity contribution is 5.85. The van der Waals surface area contributed by atoms with Gasteiger partial charge in [-0.1, -0.05) is 38.7 Å². The van der Waals surface area contributed by atoms with Gasteiger partial charge in [-0.2, -0.15) is 5.26 Å². The van der Waals surface area contributed by atoms with Gasteiger partial charge >= 0.3 is 0 Å². The van der Waals surface area contributed by atoms with E-state index in [1.165, 1.54) is 0 Å². The summed E-state index contributed by atoms with van der Waals surface area (Å²) in [5, 5.41) is 9.50. The van der Waals surface area contributed by atoms with Crippen molar-refractivity contribution in [1.29, 1.82) is 5.26 Å². The quantitative estimate of drug-likeness (QED) is 0.553. The van der Waals surface area contributed by atoms with E-state index in [-0.39, 0.29) is 5.91 Å². The summed E-state index contributed by atoms with van der Waals surface area (Å²) in [4.78, 5) is 14.4. The molecule has 100 valence electrons. The molecule has 1 aliphatic rings. The van der Waals surface area contributed by atoms with E-state index in [0.717, 1.165) is 44.9 Å². The molecule has 0 aliphatic heterocycles. The summed E-state index contributed by atoms with van der Waals surface area (Å²) < 4.78 is 0. The van der Waals surface area contributed by atoms with Gasteiger partial charge < -0.3 is 4.90 Å². The molecule has 0 bridgehead atoms. The third kappa shape index (κ3) is 3.35. The van der Waals surface area contributed by atoms with Crippen LogP contribution in [0.3, 0.4) is 0 Å². The van der Waals surface area contributed by atoms with Crippen LogP contribution in [0.2, 0.25) is 0 Å². The van der Waals surface area contributed by atoms with Crippen LogP contribution in [0.4, 0.5) is 0 Å². The molecule has 0 N–H and O–H groups in total. The first kappa shape index (κ1) is 14.8. The molecule has 1 amide bonds. The van der Waals surface area contributed by atoms with Crippen molar-refractivity contribution in [2.24, 2.45) is 5.41 Å². The monoisotopic (exact) mass is 248 g/mol. The zero-order valence-corrected chi connectivity index (χ0v) is 11.5. The Bertz CT molecular complexity index is 322. The van der Waals surface area contributed by atoms with Gasteiger partial charge in [0, 0.05) is 13.1 Å². The lowest BCUT2D eigenvalue weighted by Crippen LogP contribution is -2.43. The molecule has 18 heavy (non-hydrogen) atoms. The predicted octanol–water partition coefficient (Wildman–Crippen LogP) is 3.28. The van der Waals surface area contributed by atoms with Gasteiger partial charge in [0.05, 0.1) is 6.07 Å². The average molecular weight is 248 g/mol. The number of nitriles is 1. The lowest BCUT2D eigenvalue weighted by atomic mass is 9.80. The second-order valence-electron chi connectivity index (χ2n) is 5.15. The van der Waals surface area contributed by atoms with Crippen LogP contribution in [-0.4, -0.2) is 23.9 Å². The molecule has 0 aromatic rings. The number of carbonyl (C=O) groups is 1. The van der Waals surface area contributed by atoms with Gasteiger partial charge in [-0.3, -0.25) is 4.79 Å². The summed E-state index contributed by atoms with van der Waals surface area (Å²) in [6, 6.07) is 2.33. The molecular formula is C15H24N2O. The highest BCUT2D eigenvalue weighted by atomic mass is 16.2. The molecule has 0 saturated heterocycles. The summed E-state index contributed by atoms with van der Waals surface area (Å²) in [5.41, 5.74) is -0.769. The normalized spacial score (nSPS) is 18.4. The highest BCUT2D eigenvalue weighted by Gasteiger charge is 2.41. The Morgan fingerprint density at radius 1 is 1.39 bits per heavy atom. The van der Waals surface area contributed by atoms with Crippen molar-refractivity contribution in [3.05, 3.63) is 12.7 Å². The minimum absolute atomic E-state index is 0.0219. The van der Waals surface area contributed by atoms with Crippen molar-refractivity contribution in [2.45, 2.75) is 51.9 Å². The molecule has 0 aromatic heterocycles. The van der Waals surface area contributed by atoms with Crippen LogP contribution in [-0.2, 0) is 4.79 Å². The number of amides is 1. The first-order valence-electron chi connectivity index (χ1n) is 7.01. The van der Waals surface area contributed by atoms with Crippen LogP contribution >= 0.6 is 0 Å². The van der Waals surface area contributed by atoms with Crippen LogP contribution < -0.4 is 0 Å².